The van der Waals surface area contributed by atoms with Crippen molar-refractivity contribution in [3.05, 3.63) is 29.8 Å². The summed E-state index contributed by atoms with van der Waals surface area (Å²) in [6, 6.07) is 7.40. The van der Waals surface area contributed by atoms with Gasteiger partial charge in [-0.05, 0) is 43.0 Å². The van der Waals surface area contributed by atoms with Crippen LogP contribution in [0, 0.1) is 5.41 Å². The molecule has 0 saturated heterocycles. The third-order valence-electron chi connectivity index (χ3n) is 4.01. The summed E-state index contributed by atoms with van der Waals surface area (Å²) in [5, 5.41) is 3.31. The maximum atomic E-state index is 12.3. The second-order valence-electron chi connectivity index (χ2n) is 6.21. The number of hydrogen-bond acceptors (Lipinski definition) is 3. The molecule has 0 spiro atoms. The minimum Gasteiger partial charge on any atom is -0.310 e. The van der Waals surface area contributed by atoms with E-state index in [1.807, 2.05) is 12.1 Å². The minimum atomic E-state index is -3.39. The van der Waals surface area contributed by atoms with Crippen LogP contribution in [0.2, 0.25) is 0 Å². The SMILES string of the molecule is CCNC(C)c1ccc(S(=O)(=O)NC2CC2(C)C)cc1. The van der Waals surface area contributed by atoms with Crippen molar-refractivity contribution in [2.24, 2.45) is 5.41 Å². The molecule has 0 heterocycles. The van der Waals surface area contributed by atoms with Crippen molar-refractivity contribution < 1.29 is 8.42 Å². The molecule has 1 aliphatic carbocycles. The van der Waals surface area contributed by atoms with Gasteiger partial charge in [-0.15, -0.1) is 0 Å². The normalized spacial score (nSPS) is 22.5. The summed E-state index contributed by atoms with van der Waals surface area (Å²) in [4.78, 5) is 0.340. The van der Waals surface area contributed by atoms with Gasteiger partial charge in [0.05, 0.1) is 4.90 Å². The predicted molar refractivity (Wildman–Crippen MR) is 81.0 cm³/mol. The molecule has 4 nitrogen and oxygen atoms in total. The molecule has 1 fully saturated rings. The molecular formula is C15H24N2O2S. The number of nitrogens with one attached hydrogen (secondary N) is 2. The van der Waals surface area contributed by atoms with Gasteiger partial charge in [-0.1, -0.05) is 32.9 Å². The zero-order valence-corrected chi connectivity index (χ0v) is 13.4. The molecule has 2 unspecified atom stereocenters. The second-order valence-corrected chi connectivity index (χ2v) is 7.93. The van der Waals surface area contributed by atoms with Crippen LogP contribution in [0.1, 0.15) is 45.7 Å². The summed E-state index contributed by atoms with van der Waals surface area (Å²) >= 11 is 0. The summed E-state index contributed by atoms with van der Waals surface area (Å²) in [6.07, 6.45) is 0.905. The van der Waals surface area contributed by atoms with E-state index in [1.165, 1.54) is 0 Å². The van der Waals surface area contributed by atoms with E-state index >= 15 is 0 Å². The highest BCUT2D eigenvalue weighted by atomic mass is 32.2. The van der Waals surface area contributed by atoms with E-state index in [2.05, 4.69) is 37.7 Å². The molecule has 0 bridgehead atoms. The summed E-state index contributed by atoms with van der Waals surface area (Å²) < 4.78 is 27.3. The Hall–Kier alpha value is -0.910. The Kier molecular flexibility index (Phi) is 4.23. The number of rotatable bonds is 6. The van der Waals surface area contributed by atoms with Gasteiger partial charge in [-0.2, -0.15) is 0 Å². The number of hydrogen-bond donors (Lipinski definition) is 2. The van der Waals surface area contributed by atoms with Crippen molar-refractivity contribution in [3.8, 4) is 0 Å². The number of sulfonamides is 1. The zero-order valence-electron chi connectivity index (χ0n) is 12.6. The molecule has 5 heteroatoms. The first-order chi connectivity index (χ1) is 9.26. The monoisotopic (exact) mass is 296 g/mol. The van der Waals surface area contributed by atoms with Crippen molar-refractivity contribution in [2.45, 2.75) is 51.1 Å². The van der Waals surface area contributed by atoms with Crippen molar-refractivity contribution >= 4 is 10.0 Å². The molecule has 112 valence electrons. The van der Waals surface area contributed by atoms with Crippen LogP contribution < -0.4 is 10.0 Å². The van der Waals surface area contributed by atoms with Gasteiger partial charge in [0.15, 0.2) is 0 Å². The standard InChI is InChI=1S/C15H24N2O2S/c1-5-16-11(2)12-6-8-13(9-7-12)20(18,19)17-14-10-15(14,3)4/h6-9,11,14,16-17H,5,10H2,1-4H3. The molecule has 0 radical (unpaired) electrons. The molecule has 1 saturated carbocycles. The molecule has 0 aliphatic heterocycles. The van der Waals surface area contributed by atoms with E-state index in [4.69, 9.17) is 0 Å². The molecule has 20 heavy (non-hydrogen) atoms. The molecule has 1 aromatic rings. The van der Waals surface area contributed by atoms with E-state index in [0.29, 0.717) is 4.90 Å². The highest BCUT2D eigenvalue weighted by Gasteiger charge is 2.47. The fourth-order valence-corrected chi connectivity index (χ4v) is 3.69. The first-order valence-electron chi connectivity index (χ1n) is 7.12. The van der Waals surface area contributed by atoms with Gasteiger partial charge in [-0.3, -0.25) is 0 Å². The summed E-state index contributed by atoms with van der Waals surface area (Å²) in [5.74, 6) is 0. The molecule has 1 aromatic carbocycles. The van der Waals surface area contributed by atoms with Crippen molar-refractivity contribution in [3.63, 3.8) is 0 Å². The van der Waals surface area contributed by atoms with E-state index in [0.717, 1.165) is 18.5 Å². The molecule has 1 aliphatic rings. The van der Waals surface area contributed by atoms with Gasteiger partial charge in [-0.25, -0.2) is 13.1 Å². The number of benzene rings is 1. The maximum Gasteiger partial charge on any atom is 0.240 e. The highest BCUT2D eigenvalue weighted by molar-refractivity contribution is 7.89. The van der Waals surface area contributed by atoms with Crippen LogP contribution in [-0.4, -0.2) is 21.0 Å². The average molecular weight is 296 g/mol. The Morgan fingerprint density at radius 1 is 1.30 bits per heavy atom. The van der Waals surface area contributed by atoms with Crippen LogP contribution in [0.4, 0.5) is 0 Å². The Balaban J connectivity index is 2.09. The van der Waals surface area contributed by atoms with Gasteiger partial charge in [0.1, 0.15) is 0 Å². The Morgan fingerprint density at radius 3 is 2.30 bits per heavy atom. The Morgan fingerprint density at radius 2 is 1.85 bits per heavy atom. The highest BCUT2D eigenvalue weighted by Crippen LogP contribution is 2.45. The third-order valence-corrected chi connectivity index (χ3v) is 5.50. The molecule has 2 rings (SSSR count). The maximum absolute atomic E-state index is 12.3. The largest absolute Gasteiger partial charge is 0.310 e. The van der Waals surface area contributed by atoms with Crippen LogP contribution in [-0.2, 0) is 10.0 Å². The Labute approximate surface area is 122 Å². The first-order valence-corrected chi connectivity index (χ1v) is 8.60. The topological polar surface area (TPSA) is 58.2 Å². The molecule has 2 N–H and O–H groups in total. The fraction of sp³-hybridized carbons (Fsp3) is 0.600. The summed E-state index contributed by atoms with van der Waals surface area (Å²) in [6.45, 7) is 9.15. The van der Waals surface area contributed by atoms with Gasteiger partial charge < -0.3 is 5.32 Å². The Bertz CT molecular complexity index is 564. The van der Waals surface area contributed by atoms with Gasteiger partial charge in [0, 0.05) is 12.1 Å². The lowest BCUT2D eigenvalue weighted by Crippen LogP contribution is -2.28. The average Bonchev–Trinajstić information content (AvgIpc) is 2.96. The first kappa shape index (κ1) is 15.5. The lowest BCUT2D eigenvalue weighted by atomic mass is 10.1. The van der Waals surface area contributed by atoms with E-state index in [1.54, 1.807) is 12.1 Å². The van der Waals surface area contributed by atoms with Gasteiger partial charge in [0.2, 0.25) is 10.0 Å². The van der Waals surface area contributed by atoms with Crippen LogP contribution in [0.3, 0.4) is 0 Å². The van der Waals surface area contributed by atoms with E-state index < -0.39 is 10.0 Å². The van der Waals surface area contributed by atoms with Crippen LogP contribution in [0.25, 0.3) is 0 Å². The third kappa shape index (κ3) is 3.40. The molecule has 0 aromatic heterocycles. The summed E-state index contributed by atoms with van der Waals surface area (Å²) in [5.41, 5.74) is 1.18. The lowest BCUT2D eigenvalue weighted by molar-refractivity contribution is 0.554. The zero-order chi connectivity index (χ0) is 15.0. The van der Waals surface area contributed by atoms with Crippen molar-refractivity contribution in [2.75, 3.05) is 6.54 Å². The molecule has 2 atom stereocenters. The van der Waals surface area contributed by atoms with Crippen molar-refractivity contribution in [1.82, 2.24) is 10.0 Å². The van der Waals surface area contributed by atoms with Crippen LogP contribution in [0.5, 0.6) is 0 Å². The fourth-order valence-electron chi connectivity index (χ4n) is 2.28. The van der Waals surface area contributed by atoms with Crippen LogP contribution in [0.15, 0.2) is 29.2 Å². The van der Waals surface area contributed by atoms with Gasteiger partial charge >= 0.3 is 0 Å². The van der Waals surface area contributed by atoms with Gasteiger partial charge in [0.25, 0.3) is 0 Å². The lowest BCUT2D eigenvalue weighted by Gasteiger charge is -2.13. The quantitative estimate of drug-likeness (QED) is 0.847. The molecular weight excluding hydrogens is 272 g/mol. The second kappa shape index (κ2) is 5.47. The van der Waals surface area contributed by atoms with Crippen molar-refractivity contribution in [1.29, 1.82) is 0 Å². The predicted octanol–water partition coefficient (Wildman–Crippen LogP) is 2.43. The summed E-state index contributed by atoms with van der Waals surface area (Å²) in [7, 11) is -3.39. The van der Waals surface area contributed by atoms with E-state index in [9.17, 15) is 8.42 Å². The van der Waals surface area contributed by atoms with E-state index in [-0.39, 0.29) is 17.5 Å². The molecule has 0 amide bonds. The minimum absolute atomic E-state index is 0.0628. The van der Waals surface area contributed by atoms with Crippen LogP contribution >= 0.6 is 0 Å². The smallest absolute Gasteiger partial charge is 0.240 e.